The topological polar surface area (TPSA) is 76.2 Å². The molecule has 1 aromatic heterocycles. The predicted octanol–water partition coefficient (Wildman–Crippen LogP) is 2.70. The number of rotatable bonds is 3. The van der Waals surface area contributed by atoms with E-state index in [9.17, 15) is 4.79 Å². The first kappa shape index (κ1) is 11.0. The minimum atomic E-state index is -0.942. The van der Waals surface area contributed by atoms with Crippen LogP contribution in [0.5, 0.6) is 0 Å². The molecule has 1 N–H and O–H groups in total. The van der Waals surface area contributed by atoms with Crippen molar-refractivity contribution in [2.24, 2.45) is 0 Å². The SMILES string of the molecule is O=C(O)c1ccc(-c2nc(C3CCC3)no2)cc1. The molecule has 3 rings (SSSR count). The van der Waals surface area contributed by atoms with Crippen molar-refractivity contribution in [3.05, 3.63) is 35.7 Å². The molecule has 0 atom stereocenters. The normalized spacial score (nSPS) is 15.3. The van der Waals surface area contributed by atoms with Crippen LogP contribution in [0, 0.1) is 0 Å². The van der Waals surface area contributed by atoms with Crippen LogP contribution < -0.4 is 0 Å². The van der Waals surface area contributed by atoms with Crippen molar-refractivity contribution in [2.75, 3.05) is 0 Å². The first-order valence-electron chi connectivity index (χ1n) is 5.91. The quantitative estimate of drug-likeness (QED) is 0.898. The fraction of sp³-hybridized carbons (Fsp3) is 0.308. The van der Waals surface area contributed by atoms with Crippen molar-refractivity contribution < 1.29 is 14.4 Å². The van der Waals surface area contributed by atoms with E-state index >= 15 is 0 Å². The molecule has 2 aromatic rings. The molecule has 18 heavy (non-hydrogen) atoms. The van der Waals surface area contributed by atoms with E-state index in [0.29, 0.717) is 11.8 Å². The van der Waals surface area contributed by atoms with Crippen LogP contribution in [0.2, 0.25) is 0 Å². The maximum atomic E-state index is 10.7. The van der Waals surface area contributed by atoms with Crippen molar-refractivity contribution in [1.29, 1.82) is 0 Å². The molecular formula is C13H12N2O3. The van der Waals surface area contributed by atoms with Crippen LogP contribution in [-0.4, -0.2) is 21.2 Å². The summed E-state index contributed by atoms with van der Waals surface area (Å²) < 4.78 is 5.20. The smallest absolute Gasteiger partial charge is 0.335 e. The Labute approximate surface area is 103 Å². The number of nitrogens with zero attached hydrogens (tertiary/aromatic N) is 2. The third-order valence-corrected chi connectivity index (χ3v) is 3.29. The third-order valence-electron chi connectivity index (χ3n) is 3.29. The van der Waals surface area contributed by atoms with E-state index in [1.807, 2.05) is 0 Å². The maximum absolute atomic E-state index is 10.7. The van der Waals surface area contributed by atoms with Crippen LogP contribution in [0.25, 0.3) is 11.5 Å². The molecule has 5 heteroatoms. The summed E-state index contributed by atoms with van der Waals surface area (Å²) in [7, 11) is 0. The highest BCUT2D eigenvalue weighted by Crippen LogP contribution is 2.35. The minimum absolute atomic E-state index is 0.248. The Morgan fingerprint density at radius 1 is 1.28 bits per heavy atom. The van der Waals surface area contributed by atoms with E-state index in [2.05, 4.69) is 10.1 Å². The largest absolute Gasteiger partial charge is 0.478 e. The van der Waals surface area contributed by atoms with Crippen LogP contribution >= 0.6 is 0 Å². The van der Waals surface area contributed by atoms with Gasteiger partial charge in [0.25, 0.3) is 5.89 Å². The van der Waals surface area contributed by atoms with E-state index in [4.69, 9.17) is 9.63 Å². The third kappa shape index (κ3) is 1.88. The molecule has 0 bridgehead atoms. The summed E-state index contributed by atoms with van der Waals surface area (Å²) in [6.07, 6.45) is 3.47. The molecule has 92 valence electrons. The Morgan fingerprint density at radius 3 is 2.56 bits per heavy atom. The lowest BCUT2D eigenvalue weighted by Gasteiger charge is -2.20. The lowest BCUT2D eigenvalue weighted by atomic mass is 9.85. The molecule has 0 saturated heterocycles. The van der Waals surface area contributed by atoms with Crippen LogP contribution in [0.4, 0.5) is 0 Å². The van der Waals surface area contributed by atoms with E-state index in [1.165, 1.54) is 18.6 Å². The molecule has 0 aliphatic heterocycles. The first-order valence-corrected chi connectivity index (χ1v) is 5.91. The molecule has 1 aliphatic carbocycles. The summed E-state index contributed by atoms with van der Waals surface area (Å²) in [5, 5.41) is 12.8. The Bertz CT molecular complexity index is 570. The van der Waals surface area contributed by atoms with E-state index in [0.717, 1.165) is 24.2 Å². The predicted molar refractivity (Wildman–Crippen MR) is 63.3 cm³/mol. The van der Waals surface area contributed by atoms with Gasteiger partial charge in [-0.3, -0.25) is 0 Å². The zero-order valence-electron chi connectivity index (χ0n) is 9.67. The number of benzene rings is 1. The van der Waals surface area contributed by atoms with Gasteiger partial charge >= 0.3 is 5.97 Å². The van der Waals surface area contributed by atoms with Gasteiger partial charge in [-0.05, 0) is 37.1 Å². The number of aromatic nitrogens is 2. The van der Waals surface area contributed by atoms with Gasteiger partial charge in [0.2, 0.25) is 0 Å². The van der Waals surface area contributed by atoms with Crippen molar-refractivity contribution in [1.82, 2.24) is 10.1 Å². The Hall–Kier alpha value is -2.17. The number of hydrogen-bond donors (Lipinski definition) is 1. The maximum Gasteiger partial charge on any atom is 0.335 e. The molecule has 1 aromatic carbocycles. The molecule has 0 spiro atoms. The molecule has 0 radical (unpaired) electrons. The molecular weight excluding hydrogens is 232 g/mol. The van der Waals surface area contributed by atoms with Gasteiger partial charge in [0.05, 0.1) is 5.56 Å². The highest BCUT2D eigenvalue weighted by molar-refractivity contribution is 5.88. The molecule has 0 amide bonds. The zero-order valence-corrected chi connectivity index (χ0v) is 9.67. The van der Waals surface area contributed by atoms with Crippen molar-refractivity contribution in [3.8, 4) is 11.5 Å². The van der Waals surface area contributed by atoms with E-state index < -0.39 is 5.97 Å². The number of carboxylic acid groups (broad SMARTS) is 1. The lowest BCUT2D eigenvalue weighted by molar-refractivity contribution is 0.0697. The summed E-state index contributed by atoms with van der Waals surface area (Å²) in [4.78, 5) is 15.1. The number of carboxylic acids is 1. The second kappa shape index (κ2) is 4.25. The van der Waals surface area contributed by atoms with Crippen LogP contribution in [0.15, 0.2) is 28.8 Å². The van der Waals surface area contributed by atoms with Crippen molar-refractivity contribution in [3.63, 3.8) is 0 Å². The van der Waals surface area contributed by atoms with Gasteiger partial charge in [-0.1, -0.05) is 11.6 Å². The second-order valence-electron chi connectivity index (χ2n) is 4.47. The van der Waals surface area contributed by atoms with Gasteiger partial charge in [-0.25, -0.2) is 4.79 Å². The zero-order chi connectivity index (χ0) is 12.5. The van der Waals surface area contributed by atoms with Crippen molar-refractivity contribution in [2.45, 2.75) is 25.2 Å². The number of aromatic carboxylic acids is 1. The molecule has 1 saturated carbocycles. The van der Waals surface area contributed by atoms with Crippen LogP contribution in [0.1, 0.15) is 41.4 Å². The fourth-order valence-corrected chi connectivity index (χ4v) is 1.94. The summed E-state index contributed by atoms with van der Waals surface area (Å²) in [5.41, 5.74) is 0.996. The van der Waals surface area contributed by atoms with E-state index in [1.54, 1.807) is 12.1 Å². The summed E-state index contributed by atoms with van der Waals surface area (Å²) >= 11 is 0. The molecule has 5 nitrogen and oxygen atoms in total. The van der Waals surface area contributed by atoms with Crippen LogP contribution in [0.3, 0.4) is 0 Å². The van der Waals surface area contributed by atoms with Gasteiger partial charge in [0.1, 0.15) is 0 Å². The highest BCUT2D eigenvalue weighted by Gasteiger charge is 2.24. The lowest BCUT2D eigenvalue weighted by Crippen LogP contribution is -2.10. The molecule has 1 aliphatic rings. The highest BCUT2D eigenvalue weighted by atomic mass is 16.5. The second-order valence-corrected chi connectivity index (χ2v) is 4.47. The molecule has 1 heterocycles. The van der Waals surface area contributed by atoms with Crippen LogP contribution in [-0.2, 0) is 0 Å². The number of carbonyl (C=O) groups is 1. The average molecular weight is 244 g/mol. The monoisotopic (exact) mass is 244 g/mol. The Morgan fingerprint density at radius 2 is 2.00 bits per heavy atom. The summed E-state index contributed by atoms with van der Waals surface area (Å²) in [6.45, 7) is 0. The number of hydrogen-bond acceptors (Lipinski definition) is 4. The van der Waals surface area contributed by atoms with Gasteiger partial charge < -0.3 is 9.63 Å². The Kier molecular flexibility index (Phi) is 2.59. The fourth-order valence-electron chi connectivity index (χ4n) is 1.94. The summed E-state index contributed by atoms with van der Waals surface area (Å²) in [6, 6.07) is 6.43. The van der Waals surface area contributed by atoms with Crippen molar-refractivity contribution >= 4 is 5.97 Å². The van der Waals surface area contributed by atoms with Gasteiger partial charge in [-0.2, -0.15) is 4.98 Å². The minimum Gasteiger partial charge on any atom is -0.478 e. The average Bonchev–Trinajstić information content (AvgIpc) is 2.76. The Balaban J connectivity index is 1.85. The van der Waals surface area contributed by atoms with Gasteiger partial charge in [-0.15, -0.1) is 0 Å². The van der Waals surface area contributed by atoms with Gasteiger partial charge in [0, 0.05) is 11.5 Å². The first-order chi connectivity index (χ1) is 8.74. The van der Waals surface area contributed by atoms with Gasteiger partial charge in [0.15, 0.2) is 5.82 Å². The van der Waals surface area contributed by atoms with E-state index in [-0.39, 0.29) is 5.56 Å². The summed E-state index contributed by atoms with van der Waals surface area (Å²) in [5.74, 6) is 0.704. The standard InChI is InChI=1S/C13H12N2O3/c16-13(17)10-6-4-9(5-7-10)12-14-11(15-18-12)8-2-1-3-8/h4-8H,1-3H2,(H,16,17). The molecule has 0 unspecified atom stereocenters. The molecule has 1 fully saturated rings.